The molecule has 0 radical (unpaired) electrons. The first-order chi connectivity index (χ1) is 21.2. The minimum atomic E-state index is -2.52. The lowest BCUT2D eigenvalue weighted by Gasteiger charge is -2.30. The van der Waals surface area contributed by atoms with Crippen molar-refractivity contribution in [3.8, 4) is 17.6 Å². The average Bonchev–Trinajstić information content (AvgIpc) is 3.00. The fraction of sp³-hybridized carbons (Fsp3) is 0.629. The molecule has 0 aliphatic heterocycles. The molecule has 246 valence electrons. The third-order valence-corrected chi connectivity index (χ3v) is 7.58. The maximum Gasteiger partial charge on any atom is 0.336 e. The number of unbranched alkanes of at least 4 members (excludes halogenated alkanes) is 8. The van der Waals surface area contributed by atoms with Crippen molar-refractivity contribution in [3.05, 3.63) is 42.0 Å². The number of rotatable bonds is 25. The Morgan fingerprint density at radius 1 is 0.977 bits per heavy atom. The predicted octanol–water partition coefficient (Wildman–Crippen LogP) is 4.75. The summed E-state index contributed by atoms with van der Waals surface area (Å²) in [6, 6.07) is 6.37. The van der Waals surface area contributed by atoms with E-state index in [4.69, 9.17) is 4.74 Å². The van der Waals surface area contributed by atoms with Crippen molar-refractivity contribution < 1.29 is 39.5 Å². The summed E-state index contributed by atoms with van der Waals surface area (Å²) in [6.07, 6.45) is 13.7. The Balaban J connectivity index is 2.69. The van der Waals surface area contributed by atoms with E-state index in [9.17, 15) is 34.8 Å². The zero-order chi connectivity index (χ0) is 32.6. The van der Waals surface area contributed by atoms with E-state index in [-0.39, 0.29) is 13.0 Å². The highest BCUT2D eigenvalue weighted by Gasteiger charge is 2.46. The number of nitrogens with one attached hydrogen (secondary N) is 1. The van der Waals surface area contributed by atoms with Crippen molar-refractivity contribution in [2.24, 2.45) is 5.92 Å². The van der Waals surface area contributed by atoms with E-state index in [0.29, 0.717) is 30.8 Å². The first kappa shape index (κ1) is 38.8. The summed E-state index contributed by atoms with van der Waals surface area (Å²) in [5.41, 5.74) is -1.71. The number of aliphatic hydroxyl groups excluding tert-OH is 2. The molecule has 0 aliphatic rings. The van der Waals surface area contributed by atoms with Gasteiger partial charge >= 0.3 is 5.97 Å². The van der Waals surface area contributed by atoms with Crippen LogP contribution in [0.1, 0.15) is 103 Å². The van der Waals surface area contributed by atoms with Gasteiger partial charge in [-0.1, -0.05) is 75.7 Å². The van der Waals surface area contributed by atoms with Gasteiger partial charge in [0.2, 0.25) is 5.91 Å². The Morgan fingerprint density at radius 2 is 1.61 bits per heavy atom. The largest absolute Gasteiger partial charge is 0.481 e. The lowest BCUT2D eigenvalue weighted by molar-refractivity contribution is -0.168. The zero-order valence-corrected chi connectivity index (χ0v) is 26.6. The lowest BCUT2D eigenvalue weighted by Crippen LogP contribution is -2.54. The Bertz CT molecular complexity index is 1060. The van der Waals surface area contributed by atoms with Gasteiger partial charge in [-0.3, -0.25) is 9.59 Å². The highest BCUT2D eigenvalue weighted by molar-refractivity contribution is 5.90. The van der Waals surface area contributed by atoms with Crippen molar-refractivity contribution >= 4 is 17.7 Å². The standard InChI is InChI=1S/C35H53NO8/c1-3-5-7-10-13-16-30(39)17-14-11-8-9-12-15-18-32(35(43,23-24-37)34(41)42)33(40)36-29(27-38)26-28-19-21-31(22-20-28)44-25-6-4-2/h15,18-22,29,32,37-38,43H,3,5,7-14,16-17,23-27H2,1-2H3,(H,36,40)(H,41,42)/t29-,32+,35-/m0/s1. The van der Waals surface area contributed by atoms with E-state index in [1.165, 1.54) is 25.3 Å². The zero-order valence-electron chi connectivity index (χ0n) is 26.6. The number of ketones is 1. The number of benzene rings is 1. The Hall–Kier alpha value is -3.19. The van der Waals surface area contributed by atoms with Crippen LogP contribution >= 0.6 is 0 Å². The Kier molecular flexibility index (Phi) is 20.5. The van der Waals surface area contributed by atoms with Gasteiger partial charge in [-0.25, -0.2) is 4.79 Å². The molecule has 0 bridgehead atoms. The lowest BCUT2D eigenvalue weighted by atomic mass is 9.83. The third-order valence-electron chi connectivity index (χ3n) is 7.58. The number of carbonyl (C=O) groups excluding carboxylic acids is 2. The first-order valence-corrected chi connectivity index (χ1v) is 16.0. The predicted molar refractivity (Wildman–Crippen MR) is 171 cm³/mol. The van der Waals surface area contributed by atoms with Crippen molar-refractivity contribution in [3.63, 3.8) is 0 Å². The molecule has 0 saturated heterocycles. The van der Waals surface area contributed by atoms with Crippen LogP contribution in [0.4, 0.5) is 0 Å². The van der Waals surface area contributed by atoms with Crippen LogP contribution in [-0.4, -0.2) is 69.5 Å². The highest BCUT2D eigenvalue weighted by Crippen LogP contribution is 2.25. The van der Waals surface area contributed by atoms with Crippen molar-refractivity contribution in [1.29, 1.82) is 0 Å². The van der Waals surface area contributed by atoms with Crippen molar-refractivity contribution in [2.75, 3.05) is 19.8 Å². The van der Waals surface area contributed by atoms with Crippen LogP contribution in [0.15, 0.2) is 36.4 Å². The second-order valence-electron chi connectivity index (χ2n) is 11.2. The monoisotopic (exact) mass is 615 g/mol. The minimum absolute atomic E-state index is 0.264. The molecule has 0 fully saturated rings. The third kappa shape index (κ3) is 15.5. The summed E-state index contributed by atoms with van der Waals surface area (Å²) in [5.74, 6) is 2.65. The van der Waals surface area contributed by atoms with Crippen LogP contribution < -0.4 is 10.1 Å². The summed E-state index contributed by atoms with van der Waals surface area (Å²) < 4.78 is 5.50. The van der Waals surface area contributed by atoms with Gasteiger partial charge in [0.05, 0.1) is 18.6 Å². The van der Waals surface area contributed by atoms with Gasteiger partial charge in [0.25, 0.3) is 0 Å². The molecular weight excluding hydrogens is 562 g/mol. The molecule has 9 nitrogen and oxygen atoms in total. The van der Waals surface area contributed by atoms with Gasteiger partial charge in [0.15, 0.2) is 5.60 Å². The number of carboxylic acid groups (broad SMARTS) is 1. The van der Waals surface area contributed by atoms with E-state index in [2.05, 4.69) is 24.1 Å². The minimum Gasteiger partial charge on any atom is -0.481 e. The number of hydrogen-bond acceptors (Lipinski definition) is 7. The summed E-state index contributed by atoms with van der Waals surface area (Å²) in [6.45, 7) is 3.13. The van der Waals surface area contributed by atoms with E-state index >= 15 is 0 Å². The molecule has 0 unspecified atom stereocenters. The molecule has 5 N–H and O–H groups in total. The topological polar surface area (TPSA) is 153 Å². The van der Waals surface area contributed by atoms with Crippen molar-refractivity contribution in [2.45, 2.75) is 115 Å². The molecule has 0 heterocycles. The number of ether oxygens (including phenoxy) is 1. The number of carbonyl (C=O) groups is 3. The molecule has 0 aliphatic carbocycles. The molecule has 0 saturated carbocycles. The number of hydrogen-bond donors (Lipinski definition) is 5. The molecule has 1 amide bonds. The van der Waals surface area contributed by atoms with Crippen LogP contribution in [0.2, 0.25) is 0 Å². The molecule has 0 spiro atoms. The van der Waals surface area contributed by atoms with Crippen molar-refractivity contribution in [1.82, 2.24) is 5.32 Å². The quantitative estimate of drug-likeness (QED) is 0.0600. The molecule has 9 heteroatoms. The fourth-order valence-electron chi connectivity index (χ4n) is 4.90. The van der Waals surface area contributed by atoms with Gasteiger partial charge < -0.3 is 30.5 Å². The number of allylic oxidation sites excluding steroid dienone is 1. The maximum atomic E-state index is 13.3. The second-order valence-corrected chi connectivity index (χ2v) is 11.2. The molecule has 1 aromatic rings. The molecule has 0 aromatic heterocycles. The smallest absolute Gasteiger partial charge is 0.336 e. The molecule has 1 rings (SSSR count). The van der Waals surface area contributed by atoms with E-state index in [1.807, 2.05) is 0 Å². The average molecular weight is 616 g/mol. The Labute approximate surface area is 263 Å². The fourth-order valence-corrected chi connectivity index (χ4v) is 4.90. The summed E-state index contributed by atoms with van der Waals surface area (Å²) in [5, 5.41) is 42.8. The first-order valence-electron chi connectivity index (χ1n) is 16.0. The van der Waals surface area contributed by atoms with Gasteiger partial charge in [-0.05, 0) is 56.7 Å². The second kappa shape index (κ2) is 23.2. The molecular formula is C35H53NO8. The molecule has 1 aromatic carbocycles. The number of carboxylic acids is 1. The van der Waals surface area contributed by atoms with Gasteiger partial charge in [0, 0.05) is 25.9 Å². The van der Waals surface area contributed by atoms with E-state index < -0.39 is 49.1 Å². The maximum absolute atomic E-state index is 13.3. The van der Waals surface area contributed by atoms with Crippen LogP contribution in [0.25, 0.3) is 0 Å². The van der Waals surface area contributed by atoms with Crippen LogP contribution in [0.3, 0.4) is 0 Å². The van der Waals surface area contributed by atoms with E-state index in [1.54, 1.807) is 37.3 Å². The van der Waals surface area contributed by atoms with E-state index in [0.717, 1.165) is 44.1 Å². The van der Waals surface area contributed by atoms with Gasteiger partial charge in [-0.15, -0.1) is 5.92 Å². The van der Waals surface area contributed by atoms with Gasteiger partial charge in [-0.2, -0.15) is 0 Å². The number of aliphatic carboxylic acids is 1. The van der Waals surface area contributed by atoms with Crippen LogP contribution in [0.5, 0.6) is 5.75 Å². The SMILES string of the molecule is CC#CCOc1ccc(C[C@@H](CO)NC(=O)[C@@H](C=CCCCCCCC(=O)CCCCCCC)[C@@](O)(CCO)C(=O)O)cc1. The number of amides is 1. The summed E-state index contributed by atoms with van der Waals surface area (Å²) >= 11 is 0. The highest BCUT2D eigenvalue weighted by atomic mass is 16.5. The number of aliphatic hydroxyl groups is 3. The summed E-state index contributed by atoms with van der Waals surface area (Å²) in [7, 11) is 0. The molecule has 44 heavy (non-hydrogen) atoms. The van der Waals surface area contributed by atoms with Crippen LogP contribution in [-0.2, 0) is 20.8 Å². The van der Waals surface area contributed by atoms with Crippen LogP contribution in [0, 0.1) is 17.8 Å². The number of Topliss-reactive ketones (excluding diaryl/α,β-unsaturated/α-hetero) is 1. The van der Waals surface area contributed by atoms with Gasteiger partial charge in [0.1, 0.15) is 18.1 Å². The molecule has 3 atom stereocenters. The Morgan fingerprint density at radius 3 is 2.18 bits per heavy atom. The summed E-state index contributed by atoms with van der Waals surface area (Å²) in [4.78, 5) is 37.4. The normalized spacial score (nSPS) is 13.8.